The van der Waals surface area contributed by atoms with Crippen LogP contribution in [-0.2, 0) is 10.8 Å². The Bertz CT molecular complexity index is 444. The average molecular weight is 265 g/mol. The molecular formula is C15H23NOS. The molecule has 0 spiro atoms. The third-order valence-electron chi connectivity index (χ3n) is 4.11. The van der Waals surface area contributed by atoms with E-state index in [0.717, 1.165) is 29.0 Å². The first-order valence-electron chi connectivity index (χ1n) is 6.90. The fourth-order valence-corrected chi connectivity index (χ4v) is 4.77. The highest BCUT2D eigenvalue weighted by Gasteiger charge is 2.29. The van der Waals surface area contributed by atoms with Crippen molar-refractivity contribution in [2.75, 3.05) is 5.73 Å². The van der Waals surface area contributed by atoms with Gasteiger partial charge in [0.2, 0.25) is 0 Å². The smallest absolute Gasteiger partial charge is 0.0563 e. The van der Waals surface area contributed by atoms with E-state index in [1.807, 2.05) is 25.1 Å². The molecule has 0 aromatic heterocycles. The van der Waals surface area contributed by atoms with Crippen LogP contribution in [0.15, 0.2) is 23.1 Å². The Hall–Kier alpha value is -0.830. The van der Waals surface area contributed by atoms with Crippen molar-refractivity contribution in [1.29, 1.82) is 0 Å². The Morgan fingerprint density at radius 1 is 1.33 bits per heavy atom. The normalized spacial score (nSPS) is 25.9. The lowest BCUT2D eigenvalue weighted by molar-refractivity contribution is 0.355. The van der Waals surface area contributed by atoms with E-state index in [9.17, 15) is 4.21 Å². The molecule has 1 saturated carbocycles. The molecule has 0 bridgehead atoms. The van der Waals surface area contributed by atoms with E-state index in [0.29, 0.717) is 11.2 Å². The molecule has 0 radical (unpaired) electrons. The van der Waals surface area contributed by atoms with E-state index >= 15 is 0 Å². The predicted molar refractivity (Wildman–Crippen MR) is 78.0 cm³/mol. The van der Waals surface area contributed by atoms with Crippen molar-refractivity contribution in [2.45, 2.75) is 56.1 Å². The first kappa shape index (κ1) is 13.6. The number of anilines is 1. The first-order valence-corrected chi connectivity index (χ1v) is 8.11. The van der Waals surface area contributed by atoms with E-state index in [4.69, 9.17) is 5.73 Å². The topological polar surface area (TPSA) is 43.1 Å². The molecule has 1 aromatic carbocycles. The second-order valence-electron chi connectivity index (χ2n) is 5.31. The zero-order valence-electron chi connectivity index (χ0n) is 11.3. The van der Waals surface area contributed by atoms with Crippen LogP contribution in [-0.4, -0.2) is 9.46 Å². The molecule has 1 fully saturated rings. The maximum absolute atomic E-state index is 12.7. The lowest BCUT2D eigenvalue weighted by Crippen LogP contribution is -2.28. The Balaban J connectivity index is 2.21. The van der Waals surface area contributed by atoms with Gasteiger partial charge in [0.25, 0.3) is 0 Å². The molecule has 0 aliphatic heterocycles. The molecule has 18 heavy (non-hydrogen) atoms. The first-order chi connectivity index (χ1) is 8.63. The van der Waals surface area contributed by atoms with Crippen LogP contribution in [0, 0.1) is 12.8 Å². The maximum Gasteiger partial charge on any atom is 0.0563 e. The molecule has 0 heterocycles. The maximum atomic E-state index is 12.7. The highest BCUT2D eigenvalue weighted by Crippen LogP contribution is 2.33. The fourth-order valence-electron chi connectivity index (χ4n) is 2.87. The quantitative estimate of drug-likeness (QED) is 0.848. The predicted octanol–water partition coefficient (Wildman–Crippen LogP) is 3.65. The standard InChI is InChI=1S/C15H23NOS/c1-3-12-6-4-5-7-15(12)18(17)13-8-9-14(16)11(2)10-13/h8-10,12,15H,3-7,16H2,1-2H3. The minimum Gasteiger partial charge on any atom is -0.399 e. The Labute approximate surface area is 112 Å². The van der Waals surface area contributed by atoms with E-state index < -0.39 is 10.8 Å². The zero-order chi connectivity index (χ0) is 13.1. The summed E-state index contributed by atoms with van der Waals surface area (Å²) in [7, 11) is -0.874. The minimum atomic E-state index is -0.874. The van der Waals surface area contributed by atoms with Gasteiger partial charge < -0.3 is 5.73 Å². The number of hydrogen-bond donors (Lipinski definition) is 1. The molecular weight excluding hydrogens is 242 g/mol. The van der Waals surface area contributed by atoms with Crippen molar-refractivity contribution in [2.24, 2.45) is 5.92 Å². The van der Waals surface area contributed by atoms with Crippen molar-refractivity contribution in [3.05, 3.63) is 23.8 Å². The molecule has 1 aromatic rings. The van der Waals surface area contributed by atoms with Gasteiger partial charge in [-0.3, -0.25) is 4.21 Å². The van der Waals surface area contributed by atoms with Gasteiger partial charge in [0.15, 0.2) is 0 Å². The van der Waals surface area contributed by atoms with Gasteiger partial charge in [0, 0.05) is 15.8 Å². The fraction of sp³-hybridized carbons (Fsp3) is 0.600. The highest BCUT2D eigenvalue weighted by molar-refractivity contribution is 7.85. The number of nitrogens with two attached hydrogens (primary N) is 1. The largest absolute Gasteiger partial charge is 0.399 e. The van der Waals surface area contributed by atoms with Gasteiger partial charge in [-0.25, -0.2) is 0 Å². The van der Waals surface area contributed by atoms with Crippen molar-refractivity contribution >= 4 is 16.5 Å². The summed E-state index contributed by atoms with van der Waals surface area (Å²) in [5.41, 5.74) is 7.64. The number of hydrogen-bond acceptors (Lipinski definition) is 2. The molecule has 100 valence electrons. The van der Waals surface area contributed by atoms with Gasteiger partial charge in [-0.05, 0) is 49.4 Å². The van der Waals surface area contributed by atoms with Crippen LogP contribution >= 0.6 is 0 Å². The molecule has 1 aliphatic rings. The van der Waals surface area contributed by atoms with Crippen molar-refractivity contribution in [3.63, 3.8) is 0 Å². The molecule has 2 rings (SSSR count). The SMILES string of the molecule is CCC1CCCCC1S(=O)c1ccc(N)c(C)c1. The number of benzene rings is 1. The van der Waals surface area contributed by atoms with Crippen LogP contribution in [0.25, 0.3) is 0 Å². The third-order valence-corrected chi connectivity index (χ3v) is 6.00. The lowest BCUT2D eigenvalue weighted by Gasteiger charge is -2.30. The van der Waals surface area contributed by atoms with Gasteiger partial charge in [0.1, 0.15) is 0 Å². The van der Waals surface area contributed by atoms with Crippen LogP contribution in [0.1, 0.15) is 44.6 Å². The van der Waals surface area contributed by atoms with Gasteiger partial charge in [-0.15, -0.1) is 0 Å². The zero-order valence-corrected chi connectivity index (χ0v) is 12.1. The summed E-state index contributed by atoms with van der Waals surface area (Å²) < 4.78 is 12.7. The van der Waals surface area contributed by atoms with Gasteiger partial charge in [0.05, 0.1) is 10.8 Å². The van der Waals surface area contributed by atoms with Crippen molar-refractivity contribution in [3.8, 4) is 0 Å². The van der Waals surface area contributed by atoms with Crippen LogP contribution < -0.4 is 5.73 Å². The van der Waals surface area contributed by atoms with Gasteiger partial charge in [-0.2, -0.15) is 0 Å². The summed E-state index contributed by atoms with van der Waals surface area (Å²) >= 11 is 0. The Kier molecular flexibility index (Phi) is 4.44. The van der Waals surface area contributed by atoms with Crippen LogP contribution in [0.2, 0.25) is 0 Å². The molecule has 3 heteroatoms. The van der Waals surface area contributed by atoms with Crippen molar-refractivity contribution in [1.82, 2.24) is 0 Å². The summed E-state index contributed by atoms with van der Waals surface area (Å²) in [6.45, 7) is 4.20. The third kappa shape index (κ3) is 2.77. The average Bonchev–Trinajstić information content (AvgIpc) is 2.41. The summed E-state index contributed by atoms with van der Waals surface area (Å²) in [6, 6.07) is 5.80. The van der Waals surface area contributed by atoms with E-state index in [1.54, 1.807) is 0 Å². The molecule has 0 saturated heterocycles. The van der Waals surface area contributed by atoms with E-state index in [-0.39, 0.29) is 0 Å². The van der Waals surface area contributed by atoms with E-state index in [1.165, 1.54) is 19.3 Å². The van der Waals surface area contributed by atoms with Gasteiger partial charge >= 0.3 is 0 Å². The van der Waals surface area contributed by atoms with E-state index in [2.05, 4.69) is 6.92 Å². The molecule has 3 atom stereocenters. The number of aryl methyl sites for hydroxylation is 1. The Morgan fingerprint density at radius 2 is 2.06 bits per heavy atom. The number of rotatable bonds is 3. The molecule has 2 N–H and O–H groups in total. The van der Waals surface area contributed by atoms with Crippen LogP contribution in [0.3, 0.4) is 0 Å². The summed E-state index contributed by atoms with van der Waals surface area (Å²) in [4.78, 5) is 0.951. The Morgan fingerprint density at radius 3 is 2.72 bits per heavy atom. The van der Waals surface area contributed by atoms with Crippen molar-refractivity contribution < 1.29 is 4.21 Å². The van der Waals surface area contributed by atoms with Crippen LogP contribution in [0.4, 0.5) is 5.69 Å². The summed E-state index contributed by atoms with van der Waals surface area (Å²) in [6.07, 6.45) is 6.01. The second kappa shape index (κ2) is 5.87. The summed E-state index contributed by atoms with van der Waals surface area (Å²) in [5.74, 6) is 0.623. The molecule has 1 aliphatic carbocycles. The lowest BCUT2D eigenvalue weighted by atomic mass is 9.87. The summed E-state index contributed by atoms with van der Waals surface area (Å²) in [5, 5.41) is 0.340. The monoisotopic (exact) mass is 265 g/mol. The number of nitrogen functional groups attached to an aromatic ring is 1. The molecule has 0 amide bonds. The van der Waals surface area contributed by atoms with Gasteiger partial charge in [-0.1, -0.05) is 26.2 Å². The molecule has 3 unspecified atom stereocenters. The highest BCUT2D eigenvalue weighted by atomic mass is 32.2. The second-order valence-corrected chi connectivity index (χ2v) is 6.98. The minimum absolute atomic E-state index is 0.340. The van der Waals surface area contributed by atoms with Crippen LogP contribution in [0.5, 0.6) is 0 Å². The molecule has 2 nitrogen and oxygen atoms in total.